The molecule has 0 N–H and O–H groups in total. The Morgan fingerprint density at radius 2 is 2.29 bits per heavy atom. The van der Waals surface area contributed by atoms with Crippen molar-refractivity contribution in [2.75, 3.05) is 5.75 Å². The van der Waals surface area contributed by atoms with Gasteiger partial charge in [-0.3, -0.25) is 4.79 Å². The first-order valence-electron chi connectivity index (χ1n) is 6.56. The first-order chi connectivity index (χ1) is 10.2. The molecule has 1 aromatic carbocycles. The lowest BCUT2D eigenvalue weighted by molar-refractivity contribution is 0.195. The molecule has 0 amide bonds. The van der Waals surface area contributed by atoms with Crippen molar-refractivity contribution < 1.29 is 9.15 Å². The van der Waals surface area contributed by atoms with E-state index in [4.69, 9.17) is 20.8 Å². The predicted molar refractivity (Wildman–Crippen MR) is 86.0 cm³/mol. The minimum Gasteiger partial charge on any atom is -0.478 e. The van der Waals surface area contributed by atoms with Gasteiger partial charge in [-0.05, 0) is 23.6 Å². The molecule has 3 heterocycles. The highest BCUT2D eigenvalue weighted by molar-refractivity contribution is 8.02. The lowest BCUT2D eigenvalue weighted by Gasteiger charge is -2.29. The molecule has 2 aromatic rings. The third-order valence-corrected chi connectivity index (χ3v) is 5.05. The van der Waals surface area contributed by atoms with Crippen LogP contribution in [0.1, 0.15) is 5.76 Å². The molecule has 2 aliphatic heterocycles. The third-order valence-electron chi connectivity index (χ3n) is 3.84. The molecule has 0 unspecified atom stereocenters. The standard InChI is InChI=1S/C16H11ClO3S/c1-2-12-10-6-21-7-11(10)15-16(19-12)14(18)9-5-8(17)3-4-13(9)20-15/h2-5,7,10,12H,1,6H2/t10-,12+/m0/s1. The van der Waals surface area contributed by atoms with E-state index in [0.29, 0.717) is 21.8 Å². The minimum absolute atomic E-state index is 0.183. The second-order valence-corrected chi connectivity index (χ2v) is 6.40. The summed E-state index contributed by atoms with van der Waals surface area (Å²) in [5.74, 6) is 1.91. The van der Waals surface area contributed by atoms with Crippen LogP contribution in [-0.2, 0) is 0 Å². The molecule has 0 spiro atoms. The molecule has 5 heteroatoms. The quantitative estimate of drug-likeness (QED) is 0.742. The fourth-order valence-corrected chi connectivity index (χ4v) is 4.10. The maximum absolute atomic E-state index is 12.7. The van der Waals surface area contributed by atoms with Gasteiger partial charge in [-0.25, -0.2) is 0 Å². The smallest absolute Gasteiger partial charge is 0.235 e. The van der Waals surface area contributed by atoms with Crippen molar-refractivity contribution in [1.82, 2.24) is 0 Å². The minimum atomic E-state index is -0.196. The maximum atomic E-state index is 12.7. The van der Waals surface area contributed by atoms with Crippen LogP contribution in [0.25, 0.3) is 16.5 Å². The van der Waals surface area contributed by atoms with Crippen LogP contribution in [0.2, 0.25) is 5.02 Å². The summed E-state index contributed by atoms with van der Waals surface area (Å²) in [5.41, 5.74) is 1.37. The van der Waals surface area contributed by atoms with Gasteiger partial charge in [-0.15, -0.1) is 11.8 Å². The second kappa shape index (κ2) is 4.68. The first-order valence-corrected chi connectivity index (χ1v) is 7.99. The summed E-state index contributed by atoms with van der Waals surface area (Å²) in [6.07, 6.45) is 1.55. The van der Waals surface area contributed by atoms with Crippen molar-refractivity contribution in [3.05, 3.63) is 57.3 Å². The molecule has 2 aliphatic rings. The third kappa shape index (κ3) is 1.86. The normalized spacial score (nSPS) is 23.2. The molecule has 1 aromatic heterocycles. The van der Waals surface area contributed by atoms with E-state index in [1.54, 1.807) is 36.0 Å². The highest BCUT2D eigenvalue weighted by Gasteiger charge is 2.38. The highest BCUT2D eigenvalue weighted by Crippen LogP contribution is 2.45. The summed E-state index contributed by atoms with van der Waals surface area (Å²) < 4.78 is 11.8. The lowest BCUT2D eigenvalue weighted by atomic mass is 9.91. The first kappa shape index (κ1) is 13.0. The van der Waals surface area contributed by atoms with E-state index in [1.165, 1.54) is 0 Å². The molecule has 0 fully saturated rings. The van der Waals surface area contributed by atoms with Crippen LogP contribution in [0, 0.1) is 5.92 Å². The largest absolute Gasteiger partial charge is 0.478 e. The summed E-state index contributed by atoms with van der Waals surface area (Å²) >= 11 is 7.67. The Morgan fingerprint density at radius 3 is 3.10 bits per heavy atom. The van der Waals surface area contributed by atoms with E-state index in [-0.39, 0.29) is 23.2 Å². The number of rotatable bonds is 1. The highest BCUT2D eigenvalue weighted by atomic mass is 35.5. The SMILES string of the molecule is C=C[C@H]1Oc2c(oc3ccc(Cl)cc3c2=O)C2=CSC[C@@H]21. The summed E-state index contributed by atoms with van der Waals surface area (Å²) in [7, 11) is 0. The van der Waals surface area contributed by atoms with Gasteiger partial charge in [0.15, 0.2) is 5.76 Å². The lowest BCUT2D eigenvalue weighted by Crippen LogP contribution is -2.33. The van der Waals surface area contributed by atoms with Gasteiger partial charge in [0.25, 0.3) is 0 Å². The number of halogens is 1. The van der Waals surface area contributed by atoms with Crippen LogP contribution < -0.4 is 10.2 Å². The van der Waals surface area contributed by atoms with Gasteiger partial charge >= 0.3 is 0 Å². The van der Waals surface area contributed by atoms with E-state index < -0.39 is 0 Å². The van der Waals surface area contributed by atoms with Crippen LogP contribution in [-0.4, -0.2) is 11.9 Å². The molecule has 106 valence electrons. The average molecular weight is 319 g/mol. The molecule has 0 bridgehead atoms. The predicted octanol–water partition coefficient (Wildman–Crippen LogP) is 4.10. The number of fused-ring (bicyclic) bond motifs is 4. The van der Waals surface area contributed by atoms with Gasteiger partial charge in [-0.1, -0.05) is 24.3 Å². The van der Waals surface area contributed by atoms with Crippen LogP contribution >= 0.6 is 23.4 Å². The molecular weight excluding hydrogens is 308 g/mol. The second-order valence-electron chi connectivity index (χ2n) is 5.06. The summed E-state index contributed by atoms with van der Waals surface area (Å²) in [6, 6.07) is 5.04. The van der Waals surface area contributed by atoms with Crippen molar-refractivity contribution in [3.8, 4) is 5.75 Å². The zero-order valence-electron chi connectivity index (χ0n) is 11.0. The average Bonchev–Trinajstić information content (AvgIpc) is 2.97. The molecule has 4 rings (SSSR count). The molecule has 3 nitrogen and oxygen atoms in total. The monoisotopic (exact) mass is 318 g/mol. The van der Waals surface area contributed by atoms with Gasteiger partial charge in [0, 0.05) is 22.3 Å². The van der Waals surface area contributed by atoms with E-state index in [2.05, 4.69) is 6.58 Å². The van der Waals surface area contributed by atoms with Gasteiger partial charge in [0.05, 0.1) is 5.39 Å². The van der Waals surface area contributed by atoms with Crippen LogP contribution in [0.15, 0.2) is 45.5 Å². The Labute approximate surface area is 130 Å². The van der Waals surface area contributed by atoms with E-state index in [1.807, 2.05) is 5.41 Å². The number of hydrogen-bond acceptors (Lipinski definition) is 4. The van der Waals surface area contributed by atoms with E-state index >= 15 is 0 Å². The van der Waals surface area contributed by atoms with Crippen molar-refractivity contribution in [1.29, 1.82) is 0 Å². The van der Waals surface area contributed by atoms with Crippen LogP contribution in [0.3, 0.4) is 0 Å². The maximum Gasteiger partial charge on any atom is 0.235 e. The zero-order chi connectivity index (χ0) is 14.6. The van der Waals surface area contributed by atoms with Crippen molar-refractivity contribution in [3.63, 3.8) is 0 Å². The molecular formula is C16H11ClO3S. The molecule has 0 aliphatic carbocycles. The van der Waals surface area contributed by atoms with Gasteiger partial charge < -0.3 is 9.15 Å². The Hall–Kier alpha value is -1.65. The fourth-order valence-electron chi connectivity index (χ4n) is 2.79. The fraction of sp³-hybridized carbons (Fsp3) is 0.188. The molecule has 0 radical (unpaired) electrons. The Bertz CT molecular complexity index is 852. The van der Waals surface area contributed by atoms with Gasteiger partial charge in [0.1, 0.15) is 11.7 Å². The Balaban J connectivity index is 2.04. The van der Waals surface area contributed by atoms with E-state index in [0.717, 1.165) is 11.3 Å². The van der Waals surface area contributed by atoms with Gasteiger partial charge in [0.2, 0.25) is 11.2 Å². The number of thioether (sulfide) groups is 1. The molecule has 21 heavy (non-hydrogen) atoms. The summed E-state index contributed by atoms with van der Waals surface area (Å²) in [4.78, 5) is 12.7. The van der Waals surface area contributed by atoms with E-state index in [9.17, 15) is 4.79 Å². The molecule has 0 saturated carbocycles. The zero-order valence-corrected chi connectivity index (χ0v) is 12.5. The van der Waals surface area contributed by atoms with Crippen molar-refractivity contribution in [2.24, 2.45) is 5.92 Å². The van der Waals surface area contributed by atoms with Crippen molar-refractivity contribution >= 4 is 39.9 Å². The Kier molecular flexibility index (Phi) is 2.91. The van der Waals surface area contributed by atoms with Crippen LogP contribution in [0.5, 0.6) is 5.75 Å². The number of hydrogen-bond donors (Lipinski definition) is 0. The van der Waals surface area contributed by atoms with Crippen molar-refractivity contribution in [2.45, 2.75) is 6.10 Å². The summed E-state index contributed by atoms with van der Waals surface area (Å²) in [5, 5.41) is 2.99. The Morgan fingerprint density at radius 1 is 1.43 bits per heavy atom. The number of benzene rings is 1. The molecule has 0 saturated heterocycles. The number of ether oxygens (including phenoxy) is 1. The van der Waals surface area contributed by atoms with Gasteiger partial charge in [-0.2, -0.15) is 0 Å². The van der Waals surface area contributed by atoms with Crippen LogP contribution in [0.4, 0.5) is 0 Å². The topological polar surface area (TPSA) is 39.4 Å². The molecule has 2 atom stereocenters. The summed E-state index contributed by atoms with van der Waals surface area (Å²) in [6.45, 7) is 3.81.